The van der Waals surface area contributed by atoms with Crippen LogP contribution in [0.1, 0.15) is 36.9 Å². The summed E-state index contributed by atoms with van der Waals surface area (Å²) in [7, 11) is 0. The van der Waals surface area contributed by atoms with Crippen molar-refractivity contribution < 1.29 is 49.2 Å². The Kier molecular flexibility index (Phi) is 12.2. The second-order valence-corrected chi connectivity index (χ2v) is 9.14. The van der Waals surface area contributed by atoms with Gasteiger partial charge < -0.3 is 47.1 Å². The molecule has 0 fully saturated rings. The predicted octanol–water partition coefficient (Wildman–Crippen LogP) is -1.50. The summed E-state index contributed by atoms with van der Waals surface area (Å²) in [5.74, 6) is -6.67. The Morgan fingerprint density at radius 2 is 1.32 bits per heavy atom. The maximum Gasteiger partial charge on any atom is 0.326 e. The zero-order valence-corrected chi connectivity index (χ0v) is 21.8. The number of aliphatic carboxylic acids is 3. The largest absolute Gasteiger partial charge is 0.508 e. The number of carbonyl (C=O) groups excluding carboxylic acids is 3. The number of aromatic amines is 1. The first-order chi connectivity index (χ1) is 19.3. The van der Waals surface area contributed by atoms with Gasteiger partial charge in [-0.2, -0.15) is 0 Å². The van der Waals surface area contributed by atoms with Crippen LogP contribution in [0.15, 0.2) is 36.8 Å². The third kappa shape index (κ3) is 11.3. The number of nitrogens with two attached hydrogens (primary N) is 1. The summed E-state index contributed by atoms with van der Waals surface area (Å²) in [5, 5.41) is 43.8. The van der Waals surface area contributed by atoms with E-state index in [0.29, 0.717) is 11.3 Å². The first-order valence-electron chi connectivity index (χ1n) is 12.4. The molecule has 4 unspecified atom stereocenters. The maximum absolute atomic E-state index is 13.2. The fourth-order valence-electron chi connectivity index (χ4n) is 3.69. The van der Waals surface area contributed by atoms with E-state index in [0.717, 1.165) is 0 Å². The first-order valence-corrected chi connectivity index (χ1v) is 12.4. The summed E-state index contributed by atoms with van der Waals surface area (Å²) in [6, 6.07) is 0.366. The number of amides is 3. The molecule has 10 N–H and O–H groups in total. The van der Waals surface area contributed by atoms with Gasteiger partial charge in [-0.05, 0) is 37.0 Å². The van der Waals surface area contributed by atoms with Crippen molar-refractivity contribution in [2.24, 2.45) is 5.73 Å². The van der Waals surface area contributed by atoms with Gasteiger partial charge >= 0.3 is 17.9 Å². The lowest BCUT2D eigenvalue weighted by atomic mass is 10.0. The number of phenols is 1. The van der Waals surface area contributed by atoms with Gasteiger partial charge in [0, 0.05) is 31.2 Å². The molecule has 16 nitrogen and oxygen atoms in total. The van der Waals surface area contributed by atoms with Crippen LogP contribution >= 0.6 is 0 Å². The van der Waals surface area contributed by atoms with Gasteiger partial charge in [0.15, 0.2) is 0 Å². The van der Waals surface area contributed by atoms with Crippen LogP contribution in [0.2, 0.25) is 0 Å². The number of hydrogen-bond donors (Lipinski definition) is 9. The number of carbonyl (C=O) groups is 6. The van der Waals surface area contributed by atoms with Gasteiger partial charge in [0.25, 0.3) is 0 Å². The van der Waals surface area contributed by atoms with Crippen molar-refractivity contribution in [3.05, 3.63) is 48.0 Å². The van der Waals surface area contributed by atoms with E-state index in [1.54, 1.807) is 12.1 Å². The van der Waals surface area contributed by atoms with Crippen LogP contribution in [0.25, 0.3) is 0 Å². The molecule has 16 heteroatoms. The minimum atomic E-state index is -1.57. The lowest BCUT2D eigenvalue weighted by Crippen LogP contribution is -2.57. The molecule has 1 heterocycles. The Hall–Kier alpha value is -4.99. The summed E-state index contributed by atoms with van der Waals surface area (Å²) in [6.07, 6.45) is 0.689. The van der Waals surface area contributed by atoms with Crippen LogP contribution in [0.5, 0.6) is 5.75 Å². The molecule has 2 aromatic rings. The van der Waals surface area contributed by atoms with Crippen molar-refractivity contribution in [3.63, 3.8) is 0 Å². The van der Waals surface area contributed by atoms with Gasteiger partial charge in [-0.25, -0.2) is 9.78 Å². The minimum Gasteiger partial charge on any atom is -0.508 e. The number of aromatic nitrogens is 2. The van der Waals surface area contributed by atoms with E-state index in [1.165, 1.54) is 24.7 Å². The minimum absolute atomic E-state index is 0.0162. The van der Waals surface area contributed by atoms with E-state index in [9.17, 15) is 39.0 Å². The normalized spacial score (nSPS) is 13.7. The molecular formula is C25H32N6O10. The van der Waals surface area contributed by atoms with Crippen molar-refractivity contribution in [1.82, 2.24) is 25.9 Å². The lowest BCUT2D eigenvalue weighted by Gasteiger charge is -2.25. The molecule has 222 valence electrons. The van der Waals surface area contributed by atoms with E-state index < -0.39 is 79.1 Å². The molecule has 0 aliphatic rings. The molecule has 1 aromatic heterocycles. The zero-order valence-electron chi connectivity index (χ0n) is 21.8. The third-order valence-electron chi connectivity index (χ3n) is 5.88. The number of benzene rings is 1. The van der Waals surface area contributed by atoms with Crippen molar-refractivity contribution in [2.75, 3.05) is 0 Å². The summed E-state index contributed by atoms with van der Waals surface area (Å²) < 4.78 is 0. The molecule has 4 atom stereocenters. The van der Waals surface area contributed by atoms with Gasteiger partial charge in [-0.1, -0.05) is 12.1 Å². The van der Waals surface area contributed by atoms with E-state index in [4.69, 9.17) is 15.9 Å². The van der Waals surface area contributed by atoms with E-state index >= 15 is 0 Å². The molecule has 0 saturated heterocycles. The number of carboxylic acid groups (broad SMARTS) is 3. The van der Waals surface area contributed by atoms with Gasteiger partial charge in [0.05, 0.1) is 12.4 Å². The molecule has 0 radical (unpaired) electrons. The molecule has 1 aromatic carbocycles. The number of imidazole rings is 1. The molecule has 0 bridgehead atoms. The van der Waals surface area contributed by atoms with Crippen molar-refractivity contribution in [3.8, 4) is 5.75 Å². The molecule has 2 rings (SSSR count). The van der Waals surface area contributed by atoms with Crippen LogP contribution in [0, 0.1) is 0 Å². The van der Waals surface area contributed by atoms with E-state index in [1.807, 2.05) is 0 Å². The molecule has 3 amide bonds. The average molecular weight is 577 g/mol. The summed E-state index contributed by atoms with van der Waals surface area (Å²) in [6.45, 7) is 0. The summed E-state index contributed by atoms with van der Waals surface area (Å²) >= 11 is 0. The van der Waals surface area contributed by atoms with Crippen LogP contribution in [0.3, 0.4) is 0 Å². The molecular weight excluding hydrogens is 544 g/mol. The number of phenolic OH excluding ortho intramolecular Hbond substituents is 1. The van der Waals surface area contributed by atoms with Gasteiger partial charge in [-0.15, -0.1) is 0 Å². The maximum atomic E-state index is 13.2. The molecule has 0 aliphatic carbocycles. The van der Waals surface area contributed by atoms with Gasteiger partial charge in [0.2, 0.25) is 17.7 Å². The quantitative estimate of drug-likeness (QED) is 0.104. The Bertz CT molecular complexity index is 1220. The van der Waals surface area contributed by atoms with Crippen molar-refractivity contribution in [2.45, 2.75) is 62.7 Å². The van der Waals surface area contributed by atoms with Gasteiger partial charge in [-0.3, -0.25) is 24.0 Å². The standard InChI is InChI=1S/C25H32N6O10/c26-16(9-13-1-3-15(32)4-2-13)22(37)29-17(5-7-20(33)34)23(38)31-19(10-14-11-27-12-28-14)24(39)30-18(25(40)41)6-8-21(35)36/h1-4,11-12,16-19,32H,5-10,26H2,(H,27,28)(H,29,37)(H,30,39)(H,31,38)(H,33,34)(H,35,36)(H,40,41). The van der Waals surface area contributed by atoms with Gasteiger partial charge in [0.1, 0.15) is 23.9 Å². The Morgan fingerprint density at radius 1 is 0.780 bits per heavy atom. The topological polar surface area (TPSA) is 274 Å². The zero-order chi connectivity index (χ0) is 30.5. The highest BCUT2D eigenvalue weighted by Crippen LogP contribution is 2.11. The number of aromatic hydroxyl groups is 1. The molecule has 0 saturated carbocycles. The van der Waals surface area contributed by atoms with Crippen LogP contribution in [-0.4, -0.2) is 90.2 Å². The van der Waals surface area contributed by atoms with Crippen molar-refractivity contribution in [1.29, 1.82) is 0 Å². The number of carboxylic acids is 3. The molecule has 41 heavy (non-hydrogen) atoms. The number of H-pyrrole nitrogens is 1. The molecule has 0 spiro atoms. The Labute approximate surface area is 233 Å². The highest BCUT2D eigenvalue weighted by Gasteiger charge is 2.31. The SMILES string of the molecule is NC(Cc1ccc(O)cc1)C(=O)NC(CCC(=O)O)C(=O)NC(Cc1cnc[nH]1)C(=O)NC(CCC(=O)O)C(=O)O. The van der Waals surface area contributed by atoms with Crippen LogP contribution < -0.4 is 21.7 Å². The van der Waals surface area contributed by atoms with Crippen LogP contribution in [-0.2, 0) is 41.6 Å². The predicted molar refractivity (Wildman–Crippen MR) is 139 cm³/mol. The van der Waals surface area contributed by atoms with Crippen LogP contribution in [0.4, 0.5) is 0 Å². The number of nitrogens with one attached hydrogen (secondary N) is 4. The number of nitrogens with zero attached hydrogens (tertiary/aromatic N) is 1. The second-order valence-electron chi connectivity index (χ2n) is 9.14. The highest BCUT2D eigenvalue weighted by molar-refractivity contribution is 5.94. The monoisotopic (exact) mass is 576 g/mol. The number of rotatable bonds is 17. The Balaban J connectivity index is 2.19. The molecule has 0 aliphatic heterocycles. The fraction of sp³-hybridized carbons (Fsp3) is 0.400. The fourth-order valence-corrected chi connectivity index (χ4v) is 3.69. The first kappa shape index (κ1) is 32.2. The van der Waals surface area contributed by atoms with Crippen molar-refractivity contribution >= 4 is 35.6 Å². The average Bonchev–Trinajstić information content (AvgIpc) is 3.42. The second kappa shape index (κ2) is 15.6. The third-order valence-corrected chi connectivity index (χ3v) is 5.88. The highest BCUT2D eigenvalue weighted by atomic mass is 16.4. The van der Waals surface area contributed by atoms with E-state index in [2.05, 4.69) is 25.9 Å². The summed E-state index contributed by atoms with van der Waals surface area (Å²) in [5.41, 5.74) is 6.96. The summed E-state index contributed by atoms with van der Waals surface area (Å²) in [4.78, 5) is 79.2. The Morgan fingerprint density at radius 3 is 1.85 bits per heavy atom. The lowest BCUT2D eigenvalue weighted by molar-refractivity contribution is -0.143. The number of hydrogen-bond acceptors (Lipinski definition) is 9. The smallest absolute Gasteiger partial charge is 0.326 e. The van der Waals surface area contributed by atoms with E-state index in [-0.39, 0.29) is 25.0 Å².